The normalized spacial score (nSPS) is 45.4. The van der Waals surface area contributed by atoms with Crippen LogP contribution in [0, 0.1) is 33.0 Å². The Bertz CT molecular complexity index is 1110. The van der Waals surface area contributed by atoms with Crippen molar-refractivity contribution in [3.05, 3.63) is 46.3 Å². The molecule has 0 aromatic rings. The summed E-state index contributed by atoms with van der Waals surface area (Å²) in [7, 11) is 0. The van der Waals surface area contributed by atoms with Crippen LogP contribution in [0.5, 0.6) is 0 Å². The second-order valence-corrected chi connectivity index (χ2v) is 12.9. The van der Waals surface area contributed by atoms with Gasteiger partial charge in [0.05, 0.1) is 5.41 Å². The van der Waals surface area contributed by atoms with Crippen molar-refractivity contribution in [2.24, 2.45) is 33.0 Å². The van der Waals surface area contributed by atoms with Gasteiger partial charge in [-0.1, -0.05) is 45.4 Å². The lowest BCUT2D eigenvalue weighted by molar-refractivity contribution is -0.178. The summed E-state index contributed by atoms with van der Waals surface area (Å²) in [6.07, 6.45) is 12.7. The van der Waals surface area contributed by atoms with Crippen LogP contribution in [0.15, 0.2) is 46.3 Å². The zero-order valence-electron chi connectivity index (χ0n) is 21.4. The Balaban J connectivity index is 0.00000274. The van der Waals surface area contributed by atoms with Gasteiger partial charge in [-0.3, -0.25) is 9.59 Å². The molecule has 0 aromatic heterocycles. The molecule has 0 amide bonds. The number of ketones is 1. The molecule has 186 valence electrons. The Kier molecular flexibility index (Phi) is 5.47. The van der Waals surface area contributed by atoms with Gasteiger partial charge < -0.3 is 10.2 Å². The van der Waals surface area contributed by atoms with E-state index in [9.17, 15) is 19.8 Å². The molecule has 0 radical (unpaired) electrons. The summed E-state index contributed by atoms with van der Waals surface area (Å²) >= 11 is 0. The van der Waals surface area contributed by atoms with Crippen LogP contribution in [0.25, 0.3) is 0 Å². The first-order valence-electron chi connectivity index (χ1n) is 12.6. The van der Waals surface area contributed by atoms with Crippen LogP contribution in [0.2, 0.25) is 0 Å². The molecule has 2 N–H and O–H groups in total. The van der Waals surface area contributed by atoms with Crippen LogP contribution in [0.1, 0.15) is 86.5 Å². The molecule has 0 heterocycles. The summed E-state index contributed by atoms with van der Waals surface area (Å²) in [6.45, 7) is 13.3. The summed E-state index contributed by atoms with van der Waals surface area (Å²) in [5.41, 5.74) is 3.33. The van der Waals surface area contributed by atoms with E-state index in [0.717, 1.165) is 56.1 Å². The number of aliphatic hydroxyl groups excluding tert-OH is 1. The third-order valence-electron chi connectivity index (χ3n) is 11.4. The highest BCUT2D eigenvalue weighted by Crippen LogP contribution is 2.75. The lowest BCUT2D eigenvalue weighted by atomic mass is 9.34. The minimum absolute atomic E-state index is 0. The predicted molar refractivity (Wildman–Crippen MR) is 136 cm³/mol. The number of rotatable bonds is 1. The van der Waals surface area contributed by atoms with Gasteiger partial charge in [-0.2, -0.15) is 0 Å². The number of aliphatic carboxylic acids is 1. The van der Waals surface area contributed by atoms with E-state index >= 15 is 0 Å². The number of aliphatic hydroxyl groups is 1. The largest absolute Gasteiger partial charge is 0.504 e. The topological polar surface area (TPSA) is 74.6 Å². The van der Waals surface area contributed by atoms with Crippen molar-refractivity contribution in [1.29, 1.82) is 0 Å². The van der Waals surface area contributed by atoms with Crippen LogP contribution >= 0.6 is 12.4 Å². The number of hydrogen-bond acceptors (Lipinski definition) is 3. The summed E-state index contributed by atoms with van der Waals surface area (Å²) in [6, 6.07) is 0. The maximum Gasteiger partial charge on any atom is 0.309 e. The van der Waals surface area contributed by atoms with E-state index < -0.39 is 11.4 Å². The fraction of sp³-hybridized carbons (Fsp3) is 0.655. The van der Waals surface area contributed by atoms with E-state index in [1.165, 1.54) is 5.57 Å². The molecule has 0 unspecified atom stereocenters. The fourth-order valence-electron chi connectivity index (χ4n) is 8.65. The molecule has 6 atom stereocenters. The smallest absolute Gasteiger partial charge is 0.309 e. The number of carbonyl (C=O) groups excluding carboxylic acids is 1. The maximum absolute atomic E-state index is 12.6. The molecule has 3 saturated carbocycles. The van der Waals surface area contributed by atoms with E-state index in [4.69, 9.17) is 0 Å². The van der Waals surface area contributed by atoms with Gasteiger partial charge in [-0.15, -0.1) is 12.4 Å². The van der Waals surface area contributed by atoms with Gasteiger partial charge in [0.15, 0.2) is 5.76 Å². The summed E-state index contributed by atoms with van der Waals surface area (Å²) < 4.78 is 0. The zero-order valence-corrected chi connectivity index (χ0v) is 22.2. The summed E-state index contributed by atoms with van der Waals surface area (Å²) in [5.74, 6) is -0.734. The van der Waals surface area contributed by atoms with Crippen LogP contribution in [-0.4, -0.2) is 22.0 Å². The van der Waals surface area contributed by atoms with E-state index in [0.29, 0.717) is 11.5 Å². The molecular formula is C29H39ClO4. The van der Waals surface area contributed by atoms with Crippen LogP contribution in [-0.2, 0) is 9.59 Å². The third kappa shape index (κ3) is 2.90. The molecule has 4 nitrogen and oxygen atoms in total. The molecule has 5 aliphatic carbocycles. The highest BCUT2D eigenvalue weighted by Gasteiger charge is 2.67. The molecule has 0 saturated heterocycles. The monoisotopic (exact) mass is 486 g/mol. The zero-order chi connectivity index (χ0) is 24.2. The van der Waals surface area contributed by atoms with Crippen LogP contribution in [0.3, 0.4) is 0 Å². The Morgan fingerprint density at radius 2 is 1.62 bits per heavy atom. The van der Waals surface area contributed by atoms with Gasteiger partial charge in [-0.25, -0.2) is 0 Å². The van der Waals surface area contributed by atoms with Crippen LogP contribution < -0.4 is 0 Å². The van der Waals surface area contributed by atoms with Crippen molar-refractivity contribution in [1.82, 2.24) is 0 Å². The molecule has 0 bridgehead atoms. The van der Waals surface area contributed by atoms with Crippen LogP contribution in [0.4, 0.5) is 0 Å². The van der Waals surface area contributed by atoms with Crippen molar-refractivity contribution in [2.45, 2.75) is 86.5 Å². The van der Waals surface area contributed by atoms with E-state index in [1.54, 1.807) is 6.08 Å². The molecule has 3 fully saturated rings. The SMILES string of the molecule is CC1=C(O)C(=O)C=C2C1=CC=C1[C@@]2(C)CC[C@@]2(C)[C@@H]3C[C@](C)(C(=O)O)CC[C@]3(C)CC[C@]12C.Cl. The molecule has 0 spiro atoms. The maximum atomic E-state index is 12.6. The number of allylic oxidation sites excluding steroid dienone is 7. The van der Waals surface area contributed by atoms with Gasteiger partial charge in [0, 0.05) is 11.0 Å². The number of carboxylic acid groups (broad SMARTS) is 1. The van der Waals surface area contributed by atoms with Gasteiger partial charge >= 0.3 is 5.97 Å². The van der Waals surface area contributed by atoms with Crippen molar-refractivity contribution in [2.75, 3.05) is 0 Å². The Labute approximate surface area is 209 Å². The van der Waals surface area contributed by atoms with Gasteiger partial charge in [0.1, 0.15) is 0 Å². The first-order chi connectivity index (χ1) is 15.2. The predicted octanol–water partition coefficient (Wildman–Crippen LogP) is 7.12. The van der Waals surface area contributed by atoms with Gasteiger partial charge in [-0.05, 0) is 98.2 Å². The molecular weight excluding hydrogens is 448 g/mol. The third-order valence-corrected chi connectivity index (χ3v) is 11.4. The van der Waals surface area contributed by atoms with Crippen molar-refractivity contribution in [3.63, 3.8) is 0 Å². The minimum atomic E-state index is -0.655. The van der Waals surface area contributed by atoms with E-state index in [2.05, 4.69) is 39.8 Å². The molecule has 5 heteroatoms. The second-order valence-electron chi connectivity index (χ2n) is 12.9. The lowest BCUT2D eigenvalue weighted by Crippen LogP contribution is -2.62. The van der Waals surface area contributed by atoms with Crippen molar-refractivity contribution < 1.29 is 19.8 Å². The average molecular weight is 487 g/mol. The Morgan fingerprint density at radius 3 is 2.26 bits per heavy atom. The molecule has 0 aromatic carbocycles. The number of carboxylic acids is 1. The summed E-state index contributed by atoms with van der Waals surface area (Å²) in [4.78, 5) is 24.8. The average Bonchev–Trinajstić information content (AvgIpc) is 2.75. The van der Waals surface area contributed by atoms with E-state index in [-0.39, 0.29) is 45.6 Å². The molecule has 34 heavy (non-hydrogen) atoms. The second kappa shape index (κ2) is 7.35. The van der Waals surface area contributed by atoms with Gasteiger partial charge in [0.25, 0.3) is 0 Å². The highest BCUT2D eigenvalue weighted by atomic mass is 35.5. The number of fused-ring (bicyclic) bond motifs is 7. The molecule has 5 aliphatic rings. The molecule has 5 rings (SSSR count). The van der Waals surface area contributed by atoms with Gasteiger partial charge in [0.2, 0.25) is 5.78 Å². The van der Waals surface area contributed by atoms with E-state index in [1.807, 2.05) is 13.8 Å². The number of hydrogen-bond donors (Lipinski definition) is 2. The fourth-order valence-corrected chi connectivity index (χ4v) is 8.65. The lowest BCUT2D eigenvalue weighted by Gasteiger charge is -2.70. The highest BCUT2D eigenvalue weighted by molar-refractivity contribution is 6.06. The Morgan fingerprint density at radius 1 is 0.971 bits per heavy atom. The first-order valence-corrected chi connectivity index (χ1v) is 12.6. The minimum Gasteiger partial charge on any atom is -0.504 e. The molecule has 0 aliphatic heterocycles. The van der Waals surface area contributed by atoms with Crippen molar-refractivity contribution in [3.8, 4) is 0 Å². The summed E-state index contributed by atoms with van der Waals surface area (Å²) in [5, 5.41) is 20.3. The van der Waals surface area contributed by atoms with Crippen molar-refractivity contribution >= 4 is 24.2 Å². The quantitative estimate of drug-likeness (QED) is 0.413. The first kappa shape index (κ1) is 25.3. The number of halogens is 1. The standard InChI is InChI=1S/C29H38O4.ClH/c1-17-18-7-8-21-27(4,19(18)15-20(30)23(17)31)12-14-29(6)22-16-26(3,24(32)33)10-9-25(22,2)11-13-28(21,29)5;/h7-8,15,22,31H,9-14,16H2,1-6H3,(H,32,33);1H/t22-,25-,26-,27+,28-,29+;/m1./s1. The Hall–Kier alpha value is -1.81. The number of carbonyl (C=O) groups is 2.